The Morgan fingerprint density at radius 2 is 1.62 bits per heavy atom. The first-order chi connectivity index (χ1) is 15.4. The zero-order valence-corrected chi connectivity index (χ0v) is 20.5. The van der Waals surface area contributed by atoms with Crippen LogP contribution < -0.4 is 11.2 Å². The fraction of sp³-hybridized carbons (Fsp3) is 0.478. The van der Waals surface area contributed by atoms with Crippen LogP contribution in [0, 0.1) is 0 Å². The van der Waals surface area contributed by atoms with Gasteiger partial charge in [0.2, 0.25) is 0 Å². The molecule has 32 heavy (non-hydrogen) atoms. The number of halogens is 1. The maximum Gasteiger partial charge on any atom is 0.330 e. The largest absolute Gasteiger partial charge is 0.330 e. The molecular formula is C23H30ClN5O2S. The number of unbranched alkanes of at least 4 members (excludes halogenated alkanes) is 5. The van der Waals surface area contributed by atoms with Gasteiger partial charge in [-0.3, -0.25) is 13.9 Å². The summed E-state index contributed by atoms with van der Waals surface area (Å²) in [5.41, 5.74) is 0.980. The number of hydrogen-bond donors (Lipinski definition) is 0. The molecule has 0 saturated heterocycles. The predicted molar refractivity (Wildman–Crippen MR) is 130 cm³/mol. The summed E-state index contributed by atoms with van der Waals surface area (Å²) < 4.78 is 4.74. The molecule has 7 nitrogen and oxygen atoms in total. The van der Waals surface area contributed by atoms with E-state index in [1.807, 2.05) is 24.3 Å². The van der Waals surface area contributed by atoms with Gasteiger partial charge in [-0.2, -0.15) is 0 Å². The molecule has 0 spiro atoms. The average molecular weight is 476 g/mol. The van der Waals surface area contributed by atoms with Crippen molar-refractivity contribution in [2.24, 2.45) is 14.1 Å². The van der Waals surface area contributed by atoms with E-state index in [0.29, 0.717) is 16.5 Å². The van der Waals surface area contributed by atoms with Gasteiger partial charge in [0.05, 0.1) is 0 Å². The van der Waals surface area contributed by atoms with Gasteiger partial charge >= 0.3 is 5.69 Å². The van der Waals surface area contributed by atoms with E-state index in [0.717, 1.165) is 40.5 Å². The molecule has 172 valence electrons. The van der Waals surface area contributed by atoms with Crippen molar-refractivity contribution >= 4 is 23.4 Å². The van der Waals surface area contributed by atoms with E-state index in [-0.39, 0.29) is 11.2 Å². The molecule has 0 unspecified atom stereocenters. The summed E-state index contributed by atoms with van der Waals surface area (Å²) in [6.07, 6.45) is 7.20. The maximum atomic E-state index is 12.2. The molecular weight excluding hydrogens is 446 g/mol. The van der Waals surface area contributed by atoms with E-state index in [9.17, 15) is 9.59 Å². The number of rotatable bonds is 11. The van der Waals surface area contributed by atoms with Crippen molar-refractivity contribution < 1.29 is 0 Å². The van der Waals surface area contributed by atoms with E-state index in [2.05, 4.69) is 21.7 Å². The second kappa shape index (κ2) is 11.5. The Kier molecular flexibility index (Phi) is 8.75. The lowest BCUT2D eigenvalue weighted by atomic mass is 10.1. The third-order valence-corrected chi connectivity index (χ3v) is 6.78. The number of hydrogen-bond acceptors (Lipinski definition) is 5. The summed E-state index contributed by atoms with van der Waals surface area (Å²) in [5.74, 6) is 1.26. The Balaban J connectivity index is 1.81. The van der Waals surface area contributed by atoms with Crippen molar-refractivity contribution in [3.8, 4) is 11.4 Å². The van der Waals surface area contributed by atoms with Gasteiger partial charge in [0.15, 0.2) is 11.0 Å². The van der Waals surface area contributed by atoms with Crippen molar-refractivity contribution in [2.45, 2.75) is 62.9 Å². The Morgan fingerprint density at radius 3 is 2.34 bits per heavy atom. The molecule has 0 radical (unpaired) electrons. The quantitative estimate of drug-likeness (QED) is 0.298. The summed E-state index contributed by atoms with van der Waals surface area (Å²) in [7, 11) is 3.16. The van der Waals surface area contributed by atoms with Crippen LogP contribution in [-0.2, 0) is 26.4 Å². The number of thioether (sulfide) groups is 1. The number of aromatic nitrogens is 5. The maximum absolute atomic E-state index is 12.2. The van der Waals surface area contributed by atoms with Crippen molar-refractivity contribution in [1.29, 1.82) is 0 Å². The van der Waals surface area contributed by atoms with Gasteiger partial charge in [-0.05, 0) is 30.7 Å². The molecule has 3 rings (SSSR count). The molecule has 1 aromatic carbocycles. The Hall–Kier alpha value is -2.32. The van der Waals surface area contributed by atoms with E-state index < -0.39 is 0 Å². The van der Waals surface area contributed by atoms with Crippen LogP contribution in [0.15, 0.2) is 45.1 Å². The fourth-order valence-corrected chi connectivity index (χ4v) is 4.63. The fourth-order valence-electron chi connectivity index (χ4n) is 3.52. The lowest BCUT2D eigenvalue weighted by Gasteiger charge is -2.12. The highest BCUT2D eigenvalue weighted by atomic mass is 35.5. The van der Waals surface area contributed by atoms with Gasteiger partial charge in [0, 0.05) is 48.7 Å². The third-order valence-electron chi connectivity index (χ3n) is 5.53. The molecule has 0 saturated carbocycles. The van der Waals surface area contributed by atoms with Crippen molar-refractivity contribution in [3.05, 3.63) is 61.9 Å². The van der Waals surface area contributed by atoms with Gasteiger partial charge in [-0.15, -0.1) is 10.2 Å². The zero-order chi connectivity index (χ0) is 23.1. The molecule has 0 amide bonds. The van der Waals surface area contributed by atoms with Gasteiger partial charge in [-0.25, -0.2) is 4.79 Å². The van der Waals surface area contributed by atoms with Crippen LogP contribution in [0.5, 0.6) is 0 Å². The van der Waals surface area contributed by atoms with Crippen molar-refractivity contribution in [3.63, 3.8) is 0 Å². The standard InChI is InChI=1S/C23H30ClN5O2S/c1-4-5-6-7-8-9-14-29-21(17-10-12-18(24)13-11-17)25-26-22(29)32-16-19-15-20(30)28(3)23(31)27(19)2/h10-13,15H,4-9,14,16H2,1-3H3. The minimum absolute atomic E-state index is 0.306. The number of nitrogens with zero attached hydrogens (tertiary/aromatic N) is 5. The second-order valence-electron chi connectivity index (χ2n) is 7.90. The normalized spacial score (nSPS) is 11.2. The molecule has 0 atom stereocenters. The lowest BCUT2D eigenvalue weighted by Crippen LogP contribution is -2.37. The molecule has 2 heterocycles. The van der Waals surface area contributed by atoms with Crippen LogP contribution in [0.4, 0.5) is 0 Å². The smallest absolute Gasteiger partial charge is 0.302 e. The summed E-state index contributed by atoms with van der Waals surface area (Å²) in [4.78, 5) is 24.3. The Morgan fingerprint density at radius 1 is 0.938 bits per heavy atom. The first kappa shape index (κ1) is 24.3. The van der Waals surface area contributed by atoms with Gasteiger partial charge in [0.1, 0.15) is 0 Å². The lowest BCUT2D eigenvalue weighted by molar-refractivity contribution is 0.539. The van der Waals surface area contributed by atoms with Crippen LogP contribution in [0.3, 0.4) is 0 Å². The Labute approximate surface area is 197 Å². The molecule has 0 aliphatic carbocycles. The number of benzene rings is 1. The van der Waals surface area contributed by atoms with Crippen LogP contribution in [0.2, 0.25) is 5.02 Å². The monoisotopic (exact) mass is 475 g/mol. The Bertz CT molecular complexity index is 1150. The van der Waals surface area contributed by atoms with Crippen molar-refractivity contribution in [1.82, 2.24) is 23.9 Å². The minimum atomic E-state index is -0.330. The van der Waals surface area contributed by atoms with Crippen LogP contribution in [0.25, 0.3) is 11.4 Å². The third kappa shape index (κ3) is 5.92. The molecule has 0 bridgehead atoms. The first-order valence-corrected chi connectivity index (χ1v) is 12.4. The molecule has 0 aliphatic heterocycles. The van der Waals surface area contributed by atoms with E-state index in [1.54, 1.807) is 7.05 Å². The van der Waals surface area contributed by atoms with E-state index >= 15 is 0 Å². The van der Waals surface area contributed by atoms with Crippen LogP contribution >= 0.6 is 23.4 Å². The SMILES string of the molecule is CCCCCCCCn1c(SCc2cc(=O)n(C)c(=O)n2C)nnc1-c1ccc(Cl)cc1. The highest BCUT2D eigenvalue weighted by molar-refractivity contribution is 7.98. The molecule has 0 fully saturated rings. The molecule has 9 heteroatoms. The van der Waals surface area contributed by atoms with Gasteiger partial charge in [0.25, 0.3) is 5.56 Å². The van der Waals surface area contributed by atoms with Crippen LogP contribution in [0.1, 0.15) is 51.1 Å². The van der Waals surface area contributed by atoms with Gasteiger partial charge < -0.3 is 4.57 Å². The second-order valence-corrected chi connectivity index (χ2v) is 9.27. The highest BCUT2D eigenvalue weighted by Crippen LogP contribution is 2.27. The summed E-state index contributed by atoms with van der Waals surface area (Å²) in [5, 5.41) is 10.3. The van der Waals surface area contributed by atoms with Gasteiger partial charge in [-0.1, -0.05) is 62.4 Å². The summed E-state index contributed by atoms with van der Waals surface area (Å²) in [6.45, 7) is 3.03. The summed E-state index contributed by atoms with van der Waals surface area (Å²) >= 11 is 7.54. The average Bonchev–Trinajstić information content (AvgIpc) is 3.19. The molecule has 0 N–H and O–H groups in total. The molecule has 2 aromatic heterocycles. The first-order valence-electron chi connectivity index (χ1n) is 11.0. The summed E-state index contributed by atoms with van der Waals surface area (Å²) in [6, 6.07) is 9.10. The predicted octanol–water partition coefficient (Wildman–Crippen LogP) is 4.65. The van der Waals surface area contributed by atoms with Crippen molar-refractivity contribution in [2.75, 3.05) is 0 Å². The van der Waals surface area contributed by atoms with Crippen LogP contribution in [-0.4, -0.2) is 23.9 Å². The van der Waals surface area contributed by atoms with E-state index in [1.165, 1.54) is 55.1 Å². The highest BCUT2D eigenvalue weighted by Gasteiger charge is 2.16. The van der Waals surface area contributed by atoms with E-state index in [4.69, 9.17) is 11.6 Å². The molecule has 0 aliphatic rings. The topological polar surface area (TPSA) is 74.7 Å². The minimum Gasteiger partial charge on any atom is -0.302 e. The molecule has 3 aromatic rings. The zero-order valence-electron chi connectivity index (χ0n) is 18.9.